The zero-order chi connectivity index (χ0) is 13.0. The average molecular weight is 268 g/mol. The summed E-state index contributed by atoms with van der Waals surface area (Å²) in [5.41, 5.74) is 0.709. The molecule has 6 heteroatoms. The van der Waals surface area contributed by atoms with E-state index in [0.717, 1.165) is 6.42 Å². The molecular weight excluding hydrogens is 252 g/mol. The minimum absolute atomic E-state index is 0.0996. The van der Waals surface area contributed by atoms with Crippen molar-refractivity contribution in [3.05, 3.63) is 35.9 Å². The molecule has 1 saturated heterocycles. The lowest BCUT2D eigenvalue weighted by Gasteiger charge is -2.22. The SMILES string of the molecule is O=C1NCCCC1NS(=O)(=O)Cc1ccccc1. The molecule has 2 N–H and O–H groups in total. The van der Waals surface area contributed by atoms with Gasteiger partial charge in [0.15, 0.2) is 0 Å². The third-order valence-corrected chi connectivity index (χ3v) is 4.16. The number of carbonyl (C=O) groups excluding carboxylic acids is 1. The van der Waals surface area contributed by atoms with Gasteiger partial charge in [-0.2, -0.15) is 0 Å². The van der Waals surface area contributed by atoms with E-state index in [1.165, 1.54) is 0 Å². The predicted octanol–water partition coefficient (Wildman–Crippen LogP) is 0.385. The van der Waals surface area contributed by atoms with Crippen molar-refractivity contribution in [2.24, 2.45) is 0 Å². The van der Waals surface area contributed by atoms with Crippen LogP contribution in [0.25, 0.3) is 0 Å². The van der Waals surface area contributed by atoms with Gasteiger partial charge in [-0.3, -0.25) is 4.79 Å². The van der Waals surface area contributed by atoms with Gasteiger partial charge in [-0.25, -0.2) is 13.1 Å². The molecule has 0 spiro atoms. The van der Waals surface area contributed by atoms with Crippen molar-refractivity contribution in [2.45, 2.75) is 24.6 Å². The van der Waals surface area contributed by atoms with E-state index in [1.807, 2.05) is 6.07 Å². The maximum atomic E-state index is 11.9. The monoisotopic (exact) mass is 268 g/mol. The van der Waals surface area contributed by atoms with Crippen molar-refractivity contribution in [1.29, 1.82) is 0 Å². The molecule has 98 valence electrons. The molecule has 1 atom stereocenters. The number of benzene rings is 1. The number of carbonyl (C=O) groups is 1. The molecule has 0 bridgehead atoms. The standard InChI is InChI=1S/C12H16N2O3S/c15-12-11(7-4-8-13-12)14-18(16,17)9-10-5-2-1-3-6-10/h1-3,5-6,11,14H,4,7-9H2,(H,13,15). The van der Waals surface area contributed by atoms with Gasteiger partial charge in [-0.1, -0.05) is 30.3 Å². The summed E-state index contributed by atoms with van der Waals surface area (Å²) in [6, 6.07) is 8.28. The van der Waals surface area contributed by atoms with Crippen LogP contribution in [-0.2, 0) is 20.6 Å². The largest absolute Gasteiger partial charge is 0.355 e. The molecule has 2 rings (SSSR count). The molecular formula is C12H16N2O3S. The van der Waals surface area contributed by atoms with Gasteiger partial charge >= 0.3 is 0 Å². The number of hydrogen-bond donors (Lipinski definition) is 2. The van der Waals surface area contributed by atoms with Crippen molar-refractivity contribution < 1.29 is 13.2 Å². The Morgan fingerprint density at radius 1 is 1.28 bits per heavy atom. The van der Waals surface area contributed by atoms with Crippen LogP contribution in [0, 0.1) is 0 Å². The van der Waals surface area contributed by atoms with Crippen molar-refractivity contribution in [3.63, 3.8) is 0 Å². The van der Waals surface area contributed by atoms with Crippen LogP contribution in [0.15, 0.2) is 30.3 Å². The van der Waals surface area contributed by atoms with E-state index >= 15 is 0 Å². The summed E-state index contributed by atoms with van der Waals surface area (Å²) in [5.74, 6) is -0.338. The molecule has 1 fully saturated rings. The average Bonchev–Trinajstić information content (AvgIpc) is 2.32. The van der Waals surface area contributed by atoms with Gasteiger partial charge in [0, 0.05) is 6.54 Å². The Morgan fingerprint density at radius 3 is 2.67 bits per heavy atom. The van der Waals surface area contributed by atoms with Crippen LogP contribution < -0.4 is 10.0 Å². The van der Waals surface area contributed by atoms with E-state index in [2.05, 4.69) is 10.0 Å². The highest BCUT2D eigenvalue weighted by Gasteiger charge is 2.26. The summed E-state index contributed by atoms with van der Waals surface area (Å²) >= 11 is 0. The Kier molecular flexibility index (Phi) is 3.98. The van der Waals surface area contributed by atoms with Gasteiger partial charge in [0.1, 0.15) is 6.04 Å². The molecule has 1 unspecified atom stereocenters. The van der Waals surface area contributed by atoms with Crippen LogP contribution in [-0.4, -0.2) is 26.9 Å². The molecule has 0 radical (unpaired) electrons. The quantitative estimate of drug-likeness (QED) is 0.829. The molecule has 1 aromatic rings. The summed E-state index contributed by atoms with van der Waals surface area (Å²) in [6.07, 6.45) is 1.35. The molecule has 0 aromatic heterocycles. The molecule has 1 aliphatic rings. The van der Waals surface area contributed by atoms with Crippen LogP contribution >= 0.6 is 0 Å². The molecule has 18 heavy (non-hydrogen) atoms. The number of sulfonamides is 1. The van der Waals surface area contributed by atoms with E-state index in [-0.39, 0.29) is 11.7 Å². The third-order valence-electron chi connectivity index (χ3n) is 2.81. The Hall–Kier alpha value is -1.40. The molecule has 0 aliphatic carbocycles. The fourth-order valence-electron chi connectivity index (χ4n) is 1.94. The minimum atomic E-state index is -3.48. The van der Waals surface area contributed by atoms with Gasteiger partial charge in [-0.15, -0.1) is 0 Å². The maximum absolute atomic E-state index is 11.9. The van der Waals surface area contributed by atoms with Crippen LogP contribution in [0.5, 0.6) is 0 Å². The number of piperidine rings is 1. The Labute approximate surface area is 107 Å². The number of nitrogens with one attached hydrogen (secondary N) is 2. The summed E-state index contributed by atoms with van der Waals surface area (Å²) in [5, 5.41) is 2.65. The summed E-state index contributed by atoms with van der Waals surface area (Å²) in [4.78, 5) is 11.5. The van der Waals surface area contributed by atoms with Gasteiger partial charge in [0.25, 0.3) is 0 Å². The Morgan fingerprint density at radius 2 is 2.00 bits per heavy atom. The van der Waals surface area contributed by atoms with Crippen LogP contribution in [0.2, 0.25) is 0 Å². The Balaban J connectivity index is 2.01. The van der Waals surface area contributed by atoms with Crippen LogP contribution in [0.1, 0.15) is 18.4 Å². The van der Waals surface area contributed by atoms with Gasteiger partial charge in [0.2, 0.25) is 15.9 Å². The smallest absolute Gasteiger partial charge is 0.238 e. The topological polar surface area (TPSA) is 75.3 Å². The van der Waals surface area contributed by atoms with Gasteiger partial charge in [0.05, 0.1) is 5.75 Å². The van der Waals surface area contributed by atoms with E-state index in [1.54, 1.807) is 24.3 Å². The van der Waals surface area contributed by atoms with E-state index in [4.69, 9.17) is 0 Å². The first kappa shape index (κ1) is 13.0. The maximum Gasteiger partial charge on any atom is 0.238 e. The van der Waals surface area contributed by atoms with Gasteiger partial charge in [-0.05, 0) is 18.4 Å². The highest BCUT2D eigenvalue weighted by molar-refractivity contribution is 7.88. The molecule has 1 aliphatic heterocycles. The summed E-state index contributed by atoms with van der Waals surface area (Å²) < 4.78 is 26.3. The first-order chi connectivity index (χ1) is 8.57. The van der Waals surface area contributed by atoms with Crippen LogP contribution in [0.3, 0.4) is 0 Å². The highest BCUT2D eigenvalue weighted by Crippen LogP contribution is 2.08. The fraction of sp³-hybridized carbons (Fsp3) is 0.417. The zero-order valence-corrected chi connectivity index (χ0v) is 10.7. The van der Waals surface area contributed by atoms with Crippen molar-refractivity contribution in [2.75, 3.05) is 6.54 Å². The van der Waals surface area contributed by atoms with Gasteiger partial charge < -0.3 is 5.32 Å². The lowest BCUT2D eigenvalue weighted by molar-refractivity contribution is -0.124. The zero-order valence-electron chi connectivity index (χ0n) is 9.93. The lowest BCUT2D eigenvalue weighted by atomic mass is 10.1. The highest BCUT2D eigenvalue weighted by atomic mass is 32.2. The first-order valence-corrected chi connectivity index (χ1v) is 7.54. The lowest BCUT2D eigenvalue weighted by Crippen LogP contribution is -2.50. The summed E-state index contributed by atoms with van der Waals surface area (Å²) in [7, 11) is -3.48. The predicted molar refractivity (Wildman–Crippen MR) is 68.2 cm³/mol. The second-order valence-electron chi connectivity index (χ2n) is 4.35. The molecule has 5 nitrogen and oxygen atoms in total. The first-order valence-electron chi connectivity index (χ1n) is 5.88. The number of hydrogen-bond acceptors (Lipinski definition) is 3. The van der Waals surface area contributed by atoms with E-state index in [0.29, 0.717) is 18.5 Å². The fourth-order valence-corrected chi connectivity index (χ4v) is 3.31. The molecule has 1 heterocycles. The minimum Gasteiger partial charge on any atom is -0.355 e. The van der Waals surface area contributed by atoms with Crippen LogP contribution in [0.4, 0.5) is 0 Å². The summed E-state index contributed by atoms with van der Waals surface area (Å²) in [6.45, 7) is 0.621. The Bertz CT molecular complexity index is 513. The van der Waals surface area contributed by atoms with Crippen molar-refractivity contribution in [3.8, 4) is 0 Å². The molecule has 1 amide bonds. The molecule has 0 saturated carbocycles. The second-order valence-corrected chi connectivity index (χ2v) is 6.10. The van der Waals surface area contributed by atoms with E-state index in [9.17, 15) is 13.2 Å². The number of rotatable bonds is 4. The van der Waals surface area contributed by atoms with E-state index < -0.39 is 16.1 Å². The number of amides is 1. The van der Waals surface area contributed by atoms with Crippen molar-refractivity contribution in [1.82, 2.24) is 10.0 Å². The third kappa shape index (κ3) is 3.54. The second kappa shape index (κ2) is 5.49. The van der Waals surface area contributed by atoms with Crippen molar-refractivity contribution >= 4 is 15.9 Å². The molecule has 1 aromatic carbocycles. The normalized spacial score (nSPS) is 20.4.